The van der Waals surface area contributed by atoms with Gasteiger partial charge in [-0.1, -0.05) is 36.4 Å². The van der Waals surface area contributed by atoms with Crippen molar-refractivity contribution in [3.8, 4) is 0 Å². The molecule has 2 rings (SSSR count). The Labute approximate surface area is 173 Å². The van der Waals surface area contributed by atoms with Crippen molar-refractivity contribution in [3.63, 3.8) is 0 Å². The topological polar surface area (TPSA) is 0 Å². The van der Waals surface area contributed by atoms with Crippen LogP contribution in [0.5, 0.6) is 0 Å². The first-order valence-corrected chi connectivity index (χ1v) is 16.6. The van der Waals surface area contributed by atoms with Crippen molar-refractivity contribution >= 4 is 45.5 Å². The fourth-order valence-corrected chi connectivity index (χ4v) is 6.62. The van der Waals surface area contributed by atoms with Gasteiger partial charge in [-0.25, -0.2) is 0 Å². The van der Waals surface area contributed by atoms with Gasteiger partial charge < -0.3 is 0 Å². The molecule has 0 saturated carbocycles. The molecule has 144 valence electrons. The van der Waals surface area contributed by atoms with Gasteiger partial charge in [0.2, 0.25) is 0 Å². The van der Waals surface area contributed by atoms with Gasteiger partial charge in [-0.2, -0.15) is 0 Å². The fraction of sp³-hybridized carbons (Fsp3) is 0.400. The van der Waals surface area contributed by atoms with E-state index in [0.717, 1.165) is 0 Å². The van der Waals surface area contributed by atoms with Crippen LogP contribution in [0.2, 0.25) is 0 Å². The maximum atomic E-state index is 4.81. The van der Waals surface area contributed by atoms with Gasteiger partial charge in [0.15, 0.2) is 0 Å². The molecule has 0 aliphatic rings. The molecule has 0 spiro atoms. The van der Waals surface area contributed by atoms with E-state index >= 15 is 0 Å². The average Bonchev–Trinajstić information content (AvgIpc) is 2.67. The molecule has 0 aliphatic carbocycles. The Kier molecular flexibility index (Phi) is 18.3. The van der Waals surface area contributed by atoms with E-state index in [-0.39, 0.29) is 31.8 Å². The minimum atomic E-state index is -0.201. The molecule has 0 atom stereocenters. The Balaban J connectivity index is 0.000000399. The van der Waals surface area contributed by atoms with Crippen LogP contribution in [0.1, 0.15) is 27.7 Å². The van der Waals surface area contributed by atoms with Crippen LogP contribution in [0.3, 0.4) is 0 Å². The Morgan fingerprint density at radius 2 is 0.840 bits per heavy atom. The number of halogens is 2. The van der Waals surface area contributed by atoms with Crippen LogP contribution in [-0.2, 0) is 15.9 Å². The molecular weight excluding hydrogens is 479 g/mol. The van der Waals surface area contributed by atoms with E-state index in [1.54, 1.807) is 10.6 Å². The quantitative estimate of drug-likeness (QED) is 0.306. The summed E-state index contributed by atoms with van der Waals surface area (Å²) in [5, 5.41) is 3.17. The van der Waals surface area contributed by atoms with Crippen LogP contribution in [0.15, 0.2) is 60.7 Å². The summed E-state index contributed by atoms with van der Waals surface area (Å²) in [5.41, 5.74) is 0. The molecule has 2 aromatic carbocycles. The first kappa shape index (κ1) is 25.5. The molecule has 25 heavy (non-hydrogen) atoms. The van der Waals surface area contributed by atoms with Crippen LogP contribution in [-0.4, -0.2) is 24.6 Å². The fourth-order valence-electron chi connectivity index (χ4n) is 2.66. The van der Waals surface area contributed by atoms with Gasteiger partial charge in [0.05, 0.1) is 35.3 Å². The molecule has 0 fully saturated rings. The number of hydrogen-bond donors (Lipinski definition) is 0. The minimum absolute atomic E-state index is 0.106. The van der Waals surface area contributed by atoms with Crippen molar-refractivity contribution in [3.05, 3.63) is 60.7 Å². The molecule has 5 heteroatoms. The summed E-state index contributed by atoms with van der Waals surface area (Å²) in [6, 6.07) is 21.8. The van der Waals surface area contributed by atoms with E-state index in [2.05, 4.69) is 88.4 Å². The van der Waals surface area contributed by atoms with Gasteiger partial charge in [-0.05, 0) is 52.0 Å². The first-order chi connectivity index (χ1) is 12.2. The van der Waals surface area contributed by atoms with Crippen molar-refractivity contribution in [1.29, 1.82) is 0 Å². The van der Waals surface area contributed by atoms with Gasteiger partial charge in [0.25, 0.3) is 0 Å². The third-order valence-electron chi connectivity index (χ3n) is 4.07. The van der Waals surface area contributed by atoms with Gasteiger partial charge in [-0.3, -0.25) is 0 Å². The summed E-state index contributed by atoms with van der Waals surface area (Å²) < 4.78 is 0. The first-order valence-electron chi connectivity index (χ1n) is 8.80. The molecule has 0 bridgehead atoms. The Morgan fingerprint density at radius 3 is 1.04 bits per heavy atom. The predicted molar refractivity (Wildman–Crippen MR) is 123 cm³/mol. The van der Waals surface area contributed by atoms with Crippen molar-refractivity contribution in [2.75, 3.05) is 24.6 Å². The Hall–Kier alpha value is 0.542. The van der Waals surface area contributed by atoms with Crippen molar-refractivity contribution in [2.24, 2.45) is 0 Å². The number of benzene rings is 2. The van der Waals surface area contributed by atoms with Crippen molar-refractivity contribution in [2.45, 2.75) is 27.7 Å². The van der Waals surface area contributed by atoms with E-state index in [4.69, 9.17) is 19.1 Å². The number of hydrogen-bond acceptors (Lipinski definition) is 0. The zero-order valence-corrected chi connectivity index (χ0v) is 20.7. The molecule has 2 aromatic rings. The van der Waals surface area contributed by atoms with Crippen LogP contribution < -0.4 is 10.6 Å². The van der Waals surface area contributed by atoms with E-state index in [0.29, 0.717) is 0 Å². The molecule has 0 unspecified atom stereocenters. The summed E-state index contributed by atoms with van der Waals surface area (Å²) in [7, 11) is 9.23. The zero-order chi connectivity index (χ0) is 18.9. The molecular formula is C20H32Cl2P2Pd+2. The Bertz CT molecular complexity index is 456. The van der Waals surface area contributed by atoms with Crippen molar-refractivity contribution < 1.29 is 15.9 Å². The second-order valence-corrected chi connectivity index (χ2v) is 14.2. The third kappa shape index (κ3) is 11.8. The molecule has 0 N–H and O–H groups in total. The van der Waals surface area contributed by atoms with Gasteiger partial charge in [0.1, 0.15) is 0 Å². The second-order valence-electron chi connectivity index (χ2n) is 5.40. The number of rotatable bonds is 6. The van der Waals surface area contributed by atoms with Gasteiger partial charge in [-0.15, -0.1) is 0 Å². The molecule has 0 aromatic heterocycles. The maximum absolute atomic E-state index is 4.81. The summed E-state index contributed by atoms with van der Waals surface area (Å²) in [6.45, 7) is 9.19. The second kappa shape index (κ2) is 17.9. The van der Waals surface area contributed by atoms with Crippen LogP contribution in [0.25, 0.3) is 0 Å². The monoisotopic (exact) mass is 510 g/mol. The van der Waals surface area contributed by atoms with Crippen LogP contribution >= 0.6 is 34.9 Å². The summed E-state index contributed by atoms with van der Waals surface area (Å²) in [4.78, 5) is 0. The Morgan fingerprint density at radius 1 is 0.600 bits per heavy atom. The summed E-state index contributed by atoms with van der Waals surface area (Å²) in [6.07, 6.45) is 5.41. The SMILES string of the molecule is CC[PH+](CC)c1ccccc1.CC[PH+](CC)c1ccccc1.[Cl][Pd][Cl]. The summed E-state index contributed by atoms with van der Waals surface area (Å²) >= 11 is -0.106. The van der Waals surface area contributed by atoms with E-state index in [9.17, 15) is 0 Å². The normalized spacial score (nSPS) is 10.1. The van der Waals surface area contributed by atoms with Crippen LogP contribution in [0.4, 0.5) is 0 Å². The molecule has 0 aliphatic heterocycles. The third-order valence-corrected chi connectivity index (χ3v) is 9.79. The van der Waals surface area contributed by atoms with E-state index < -0.39 is 0 Å². The molecule has 0 nitrogen and oxygen atoms in total. The molecule has 0 radical (unpaired) electrons. The average molecular weight is 512 g/mol. The molecule has 0 amide bonds. The van der Waals surface area contributed by atoms with Crippen molar-refractivity contribution in [1.82, 2.24) is 0 Å². The standard InChI is InChI=1S/2C10H15P.2ClH.Pd/c2*1-3-11(4-2)10-8-6-5-7-9-10;;;/h2*5-9H,3-4H2,1-2H3;2*1H;/q;;;;+2. The van der Waals surface area contributed by atoms with Gasteiger partial charge >= 0.3 is 35.0 Å². The van der Waals surface area contributed by atoms with Gasteiger partial charge in [0, 0.05) is 15.8 Å². The van der Waals surface area contributed by atoms with E-state index in [1.807, 2.05) is 0 Å². The summed E-state index contributed by atoms with van der Waals surface area (Å²) in [5.74, 6) is 0. The molecule has 0 saturated heterocycles. The predicted octanol–water partition coefficient (Wildman–Crippen LogP) is 6.51. The molecule has 0 heterocycles. The zero-order valence-electron chi connectivity index (χ0n) is 15.7. The van der Waals surface area contributed by atoms with Crippen LogP contribution in [0, 0.1) is 0 Å². The van der Waals surface area contributed by atoms with E-state index in [1.165, 1.54) is 24.6 Å².